The first-order valence-corrected chi connectivity index (χ1v) is 7.48. The van der Waals surface area contributed by atoms with Crippen LogP contribution in [0.15, 0.2) is 0 Å². The van der Waals surface area contributed by atoms with E-state index in [-0.39, 0.29) is 17.2 Å². The molecule has 2 amide bonds. The van der Waals surface area contributed by atoms with E-state index < -0.39 is 0 Å². The van der Waals surface area contributed by atoms with Crippen molar-refractivity contribution in [1.82, 2.24) is 20.4 Å². The molecular formula is C14H26N4O2. The fourth-order valence-corrected chi connectivity index (χ4v) is 3.07. The van der Waals surface area contributed by atoms with E-state index in [2.05, 4.69) is 15.5 Å². The van der Waals surface area contributed by atoms with Crippen LogP contribution in [0, 0.1) is 5.41 Å². The minimum atomic E-state index is -0.352. The zero-order valence-electron chi connectivity index (χ0n) is 12.6. The fraction of sp³-hybridized carbons (Fsp3) is 0.857. The highest BCUT2D eigenvalue weighted by Crippen LogP contribution is 2.29. The number of rotatable bonds is 3. The van der Waals surface area contributed by atoms with Crippen LogP contribution >= 0.6 is 0 Å². The van der Waals surface area contributed by atoms with Crippen molar-refractivity contribution in [2.75, 3.05) is 52.9 Å². The first-order chi connectivity index (χ1) is 9.55. The third kappa shape index (κ3) is 3.49. The molecule has 0 saturated carbocycles. The Kier molecular flexibility index (Phi) is 4.99. The molecule has 0 aromatic carbocycles. The molecule has 6 heteroatoms. The second-order valence-corrected chi connectivity index (χ2v) is 6.08. The van der Waals surface area contributed by atoms with Gasteiger partial charge in [0, 0.05) is 33.2 Å². The van der Waals surface area contributed by atoms with Crippen LogP contribution < -0.4 is 10.6 Å². The SMILES string of the molecule is CNC(=O)C1(C)CCN(CC(=O)N2CCCNCC2)C1. The minimum Gasteiger partial charge on any atom is -0.359 e. The summed E-state index contributed by atoms with van der Waals surface area (Å²) >= 11 is 0. The van der Waals surface area contributed by atoms with Crippen LogP contribution in [-0.2, 0) is 9.59 Å². The van der Waals surface area contributed by atoms with Gasteiger partial charge in [-0.3, -0.25) is 14.5 Å². The maximum Gasteiger partial charge on any atom is 0.236 e. The highest BCUT2D eigenvalue weighted by molar-refractivity contribution is 5.83. The molecule has 2 heterocycles. The smallest absolute Gasteiger partial charge is 0.236 e. The van der Waals surface area contributed by atoms with Crippen molar-refractivity contribution >= 4 is 11.8 Å². The molecule has 2 saturated heterocycles. The van der Waals surface area contributed by atoms with E-state index in [4.69, 9.17) is 0 Å². The Balaban J connectivity index is 1.85. The second-order valence-electron chi connectivity index (χ2n) is 6.08. The minimum absolute atomic E-state index is 0.0754. The maximum atomic E-state index is 12.3. The Morgan fingerprint density at radius 3 is 2.80 bits per heavy atom. The van der Waals surface area contributed by atoms with Gasteiger partial charge >= 0.3 is 0 Å². The van der Waals surface area contributed by atoms with Crippen LogP contribution in [-0.4, -0.2) is 74.5 Å². The van der Waals surface area contributed by atoms with Gasteiger partial charge in [0.05, 0.1) is 12.0 Å². The third-order valence-electron chi connectivity index (χ3n) is 4.38. The standard InChI is InChI=1S/C14H26N4O2/c1-14(13(20)15-2)4-8-17(11-14)10-12(19)18-7-3-5-16-6-9-18/h16H,3-11H2,1-2H3,(H,15,20). The molecule has 114 valence electrons. The number of carbonyl (C=O) groups is 2. The third-order valence-corrected chi connectivity index (χ3v) is 4.38. The van der Waals surface area contributed by atoms with Crippen molar-refractivity contribution in [3.63, 3.8) is 0 Å². The fourth-order valence-electron chi connectivity index (χ4n) is 3.07. The molecule has 0 spiro atoms. The van der Waals surface area contributed by atoms with Crippen LogP contribution in [0.2, 0.25) is 0 Å². The van der Waals surface area contributed by atoms with Gasteiger partial charge in [-0.05, 0) is 32.9 Å². The molecule has 0 aromatic rings. The topological polar surface area (TPSA) is 64.7 Å². The van der Waals surface area contributed by atoms with Crippen LogP contribution in [0.5, 0.6) is 0 Å². The van der Waals surface area contributed by atoms with Crippen LogP contribution in [0.3, 0.4) is 0 Å². The number of amides is 2. The van der Waals surface area contributed by atoms with E-state index in [9.17, 15) is 9.59 Å². The van der Waals surface area contributed by atoms with Crippen molar-refractivity contribution in [3.8, 4) is 0 Å². The largest absolute Gasteiger partial charge is 0.359 e. The number of hydrogen-bond acceptors (Lipinski definition) is 4. The molecule has 2 aliphatic heterocycles. The summed E-state index contributed by atoms with van der Waals surface area (Å²) in [5, 5.41) is 6.02. The van der Waals surface area contributed by atoms with Gasteiger partial charge in [0.15, 0.2) is 0 Å². The lowest BCUT2D eigenvalue weighted by Gasteiger charge is -2.25. The van der Waals surface area contributed by atoms with Crippen molar-refractivity contribution in [3.05, 3.63) is 0 Å². The number of carbonyl (C=O) groups excluding carboxylic acids is 2. The summed E-state index contributed by atoms with van der Waals surface area (Å²) < 4.78 is 0. The quantitative estimate of drug-likeness (QED) is 0.716. The van der Waals surface area contributed by atoms with Gasteiger partial charge in [-0.1, -0.05) is 0 Å². The highest BCUT2D eigenvalue weighted by Gasteiger charge is 2.40. The zero-order valence-corrected chi connectivity index (χ0v) is 12.6. The molecule has 1 atom stereocenters. The number of likely N-dealkylation sites (tertiary alicyclic amines) is 1. The molecule has 0 radical (unpaired) electrons. The summed E-state index contributed by atoms with van der Waals surface area (Å²) in [6, 6.07) is 0. The molecule has 2 aliphatic rings. The van der Waals surface area contributed by atoms with Gasteiger partial charge < -0.3 is 15.5 Å². The maximum absolute atomic E-state index is 12.3. The van der Waals surface area contributed by atoms with E-state index in [0.717, 1.165) is 45.6 Å². The lowest BCUT2D eigenvalue weighted by Crippen LogP contribution is -2.43. The van der Waals surface area contributed by atoms with Crippen molar-refractivity contribution in [1.29, 1.82) is 0 Å². The normalized spacial score (nSPS) is 28.2. The summed E-state index contributed by atoms with van der Waals surface area (Å²) in [5.74, 6) is 0.265. The average molecular weight is 282 g/mol. The summed E-state index contributed by atoms with van der Waals surface area (Å²) in [6.45, 7) is 7.40. The van der Waals surface area contributed by atoms with E-state index in [0.29, 0.717) is 13.1 Å². The van der Waals surface area contributed by atoms with E-state index in [1.807, 2.05) is 11.8 Å². The monoisotopic (exact) mass is 282 g/mol. The van der Waals surface area contributed by atoms with Gasteiger partial charge in [0.2, 0.25) is 11.8 Å². The summed E-state index contributed by atoms with van der Waals surface area (Å²) in [4.78, 5) is 28.2. The van der Waals surface area contributed by atoms with Gasteiger partial charge in [-0.15, -0.1) is 0 Å². The molecule has 0 aromatic heterocycles. The predicted molar refractivity (Wildman–Crippen MR) is 77.3 cm³/mol. The lowest BCUT2D eigenvalue weighted by atomic mass is 9.89. The molecule has 2 rings (SSSR count). The molecule has 2 N–H and O–H groups in total. The van der Waals surface area contributed by atoms with E-state index in [1.165, 1.54) is 0 Å². The van der Waals surface area contributed by atoms with Gasteiger partial charge in [0.25, 0.3) is 0 Å². The molecule has 1 unspecified atom stereocenters. The summed E-state index contributed by atoms with van der Waals surface area (Å²) in [6.07, 6.45) is 1.84. The van der Waals surface area contributed by atoms with Gasteiger partial charge in [-0.25, -0.2) is 0 Å². The van der Waals surface area contributed by atoms with Crippen LogP contribution in [0.4, 0.5) is 0 Å². The first kappa shape index (κ1) is 15.3. The average Bonchev–Trinajstić information content (AvgIpc) is 2.68. The zero-order chi connectivity index (χ0) is 14.6. The van der Waals surface area contributed by atoms with Crippen LogP contribution in [0.25, 0.3) is 0 Å². The molecule has 0 bridgehead atoms. The number of nitrogens with zero attached hydrogens (tertiary/aromatic N) is 2. The Labute approximate surface area is 120 Å². The summed E-state index contributed by atoms with van der Waals surface area (Å²) in [5.41, 5.74) is -0.352. The molecule has 20 heavy (non-hydrogen) atoms. The lowest BCUT2D eigenvalue weighted by molar-refractivity contribution is -0.133. The van der Waals surface area contributed by atoms with Gasteiger partial charge in [0.1, 0.15) is 0 Å². The highest BCUT2D eigenvalue weighted by atomic mass is 16.2. The van der Waals surface area contributed by atoms with Crippen molar-refractivity contribution in [2.24, 2.45) is 5.41 Å². The Morgan fingerprint density at radius 2 is 2.05 bits per heavy atom. The van der Waals surface area contributed by atoms with Crippen molar-refractivity contribution < 1.29 is 9.59 Å². The molecule has 0 aliphatic carbocycles. The van der Waals surface area contributed by atoms with Crippen LogP contribution in [0.1, 0.15) is 19.8 Å². The predicted octanol–water partition coefficient (Wildman–Crippen LogP) is -0.734. The Hall–Kier alpha value is -1.14. The van der Waals surface area contributed by atoms with Gasteiger partial charge in [-0.2, -0.15) is 0 Å². The molecule has 6 nitrogen and oxygen atoms in total. The molecular weight excluding hydrogens is 256 g/mol. The number of hydrogen-bond donors (Lipinski definition) is 2. The van der Waals surface area contributed by atoms with E-state index >= 15 is 0 Å². The Morgan fingerprint density at radius 1 is 1.25 bits per heavy atom. The first-order valence-electron chi connectivity index (χ1n) is 7.48. The number of nitrogens with one attached hydrogen (secondary N) is 2. The second kappa shape index (κ2) is 6.54. The molecule has 2 fully saturated rings. The summed E-state index contributed by atoms with van der Waals surface area (Å²) in [7, 11) is 1.67. The van der Waals surface area contributed by atoms with Crippen molar-refractivity contribution in [2.45, 2.75) is 19.8 Å². The Bertz CT molecular complexity index is 366. The van der Waals surface area contributed by atoms with E-state index in [1.54, 1.807) is 7.05 Å².